The Morgan fingerprint density at radius 1 is 1.08 bits per heavy atom. The van der Waals surface area contributed by atoms with Gasteiger partial charge in [-0.25, -0.2) is 15.0 Å². The minimum atomic E-state index is -0.770. The van der Waals surface area contributed by atoms with E-state index >= 15 is 0 Å². The van der Waals surface area contributed by atoms with Gasteiger partial charge in [-0.3, -0.25) is 4.79 Å². The summed E-state index contributed by atoms with van der Waals surface area (Å²) in [6.07, 6.45) is 1.46. The van der Waals surface area contributed by atoms with Crippen molar-refractivity contribution in [2.75, 3.05) is 34.5 Å². The lowest BCUT2D eigenvalue weighted by Gasteiger charge is -2.28. The van der Waals surface area contributed by atoms with Crippen LogP contribution in [0.15, 0.2) is 51.2 Å². The lowest BCUT2D eigenvalue weighted by molar-refractivity contribution is -0.136. The van der Waals surface area contributed by atoms with Crippen LogP contribution in [0.5, 0.6) is 23.0 Å². The van der Waals surface area contributed by atoms with E-state index < -0.39 is 23.9 Å². The van der Waals surface area contributed by atoms with Gasteiger partial charge in [-0.1, -0.05) is 6.07 Å². The predicted molar refractivity (Wildman–Crippen MR) is 145 cm³/mol. The highest BCUT2D eigenvalue weighted by molar-refractivity contribution is 9.10. The van der Waals surface area contributed by atoms with Crippen LogP contribution in [0.3, 0.4) is 0 Å². The van der Waals surface area contributed by atoms with Crippen LogP contribution in [0.1, 0.15) is 31.0 Å². The fourth-order valence-electron chi connectivity index (χ4n) is 3.79. The van der Waals surface area contributed by atoms with Gasteiger partial charge in [0.25, 0.3) is 5.91 Å². The molecule has 39 heavy (non-hydrogen) atoms. The number of benzene rings is 2. The zero-order valence-corrected chi connectivity index (χ0v) is 23.6. The minimum absolute atomic E-state index is 0.252. The lowest BCUT2D eigenvalue weighted by Crippen LogP contribution is -2.45. The van der Waals surface area contributed by atoms with Gasteiger partial charge in [0.2, 0.25) is 0 Å². The quantitative estimate of drug-likeness (QED) is 0.201. The molecule has 13 heteroatoms. The molecule has 1 heterocycles. The molecule has 208 valence electrons. The summed E-state index contributed by atoms with van der Waals surface area (Å²) in [6, 6.07) is 7.11. The van der Waals surface area contributed by atoms with Crippen LogP contribution in [-0.4, -0.2) is 58.7 Å². The maximum Gasteiger partial charge on any atom is 0.337 e. The average molecular weight is 605 g/mol. The van der Waals surface area contributed by atoms with Gasteiger partial charge in [-0.2, -0.15) is 5.10 Å². The molecule has 0 aromatic heterocycles. The fourth-order valence-corrected chi connectivity index (χ4v) is 4.41. The van der Waals surface area contributed by atoms with Crippen LogP contribution in [0.25, 0.3) is 0 Å². The van der Waals surface area contributed by atoms with Crippen molar-refractivity contribution in [2.45, 2.75) is 19.9 Å². The number of hydrogen-bond donors (Lipinski definition) is 3. The molecule has 3 N–H and O–H groups in total. The molecule has 2 aromatic carbocycles. The third-order valence-electron chi connectivity index (χ3n) is 5.49. The second-order valence-electron chi connectivity index (χ2n) is 8.02. The Balaban J connectivity index is 1.68. The van der Waals surface area contributed by atoms with Gasteiger partial charge < -0.3 is 34.3 Å². The number of urea groups is 1. The monoisotopic (exact) mass is 604 g/mol. The van der Waals surface area contributed by atoms with E-state index in [1.54, 1.807) is 44.4 Å². The Morgan fingerprint density at radius 2 is 1.85 bits per heavy atom. The Labute approximate surface area is 233 Å². The van der Waals surface area contributed by atoms with Gasteiger partial charge in [-0.05, 0) is 65.2 Å². The van der Waals surface area contributed by atoms with Crippen LogP contribution in [0.2, 0.25) is 0 Å². The first-order valence-corrected chi connectivity index (χ1v) is 12.5. The molecule has 0 aliphatic carbocycles. The molecule has 1 aliphatic heterocycles. The predicted octanol–water partition coefficient (Wildman–Crippen LogP) is 3.20. The number of carbonyl (C=O) groups excluding carboxylic acids is 3. The number of amides is 3. The van der Waals surface area contributed by atoms with E-state index in [1.807, 2.05) is 6.92 Å². The van der Waals surface area contributed by atoms with Crippen molar-refractivity contribution in [3.05, 3.63) is 57.2 Å². The summed E-state index contributed by atoms with van der Waals surface area (Å²) in [5.74, 6) is 0.576. The van der Waals surface area contributed by atoms with Crippen molar-refractivity contribution in [1.82, 2.24) is 16.1 Å². The van der Waals surface area contributed by atoms with Crippen LogP contribution >= 0.6 is 15.9 Å². The van der Waals surface area contributed by atoms with E-state index in [1.165, 1.54) is 20.4 Å². The SMILES string of the molecule is CCOc1cc(/C=N\NC(=O)COc2ccc([C@@H]3NC(=O)NC(C)=C3C(=O)OC)cc2OC)cc(Br)c1OC. The Bertz CT molecular complexity index is 1310. The number of hydrogen-bond acceptors (Lipinski definition) is 9. The Hall–Kier alpha value is -4.26. The number of nitrogens with one attached hydrogen (secondary N) is 3. The van der Waals surface area contributed by atoms with Gasteiger partial charge in [0.05, 0.1) is 50.2 Å². The normalized spacial score (nSPS) is 14.8. The van der Waals surface area contributed by atoms with Crippen molar-refractivity contribution in [3.63, 3.8) is 0 Å². The molecule has 0 unspecified atom stereocenters. The molecule has 12 nitrogen and oxygen atoms in total. The number of methoxy groups -OCH3 is 3. The van der Waals surface area contributed by atoms with Gasteiger partial charge >= 0.3 is 12.0 Å². The number of hydrazone groups is 1. The highest BCUT2D eigenvalue weighted by atomic mass is 79.9. The number of rotatable bonds is 11. The molecule has 0 radical (unpaired) electrons. The molecule has 0 fully saturated rings. The van der Waals surface area contributed by atoms with Gasteiger partial charge in [0, 0.05) is 5.70 Å². The van der Waals surface area contributed by atoms with E-state index in [9.17, 15) is 14.4 Å². The molecule has 1 aliphatic rings. The number of ether oxygens (including phenoxy) is 5. The first-order chi connectivity index (χ1) is 18.7. The number of halogens is 1. The van der Waals surface area contributed by atoms with Crippen molar-refractivity contribution < 1.29 is 38.1 Å². The molecule has 1 atom stereocenters. The second-order valence-corrected chi connectivity index (χ2v) is 8.88. The number of esters is 1. The smallest absolute Gasteiger partial charge is 0.337 e. The topological polar surface area (TPSA) is 146 Å². The molecule has 3 rings (SSSR count). The first kappa shape index (κ1) is 29.3. The second kappa shape index (κ2) is 13.5. The Morgan fingerprint density at radius 3 is 2.51 bits per heavy atom. The molecule has 0 saturated carbocycles. The molecule has 2 aromatic rings. The van der Waals surface area contributed by atoms with E-state index in [0.717, 1.165) is 0 Å². The van der Waals surface area contributed by atoms with Crippen molar-refractivity contribution >= 4 is 40.1 Å². The summed E-state index contributed by atoms with van der Waals surface area (Å²) < 4.78 is 27.5. The summed E-state index contributed by atoms with van der Waals surface area (Å²) in [5, 5.41) is 9.24. The van der Waals surface area contributed by atoms with Gasteiger partial charge in [0.1, 0.15) is 0 Å². The van der Waals surface area contributed by atoms with Crippen molar-refractivity contribution in [1.29, 1.82) is 0 Å². The minimum Gasteiger partial charge on any atom is -0.493 e. The summed E-state index contributed by atoms with van der Waals surface area (Å²) in [5.41, 5.74) is 4.26. The van der Waals surface area contributed by atoms with E-state index in [0.29, 0.717) is 45.2 Å². The Kier molecular flexibility index (Phi) is 10.1. The number of carbonyl (C=O) groups is 3. The number of nitrogens with zero attached hydrogens (tertiary/aromatic N) is 1. The molecule has 0 bridgehead atoms. The van der Waals surface area contributed by atoms with Crippen LogP contribution in [0.4, 0.5) is 4.79 Å². The largest absolute Gasteiger partial charge is 0.493 e. The third kappa shape index (κ3) is 7.19. The maximum absolute atomic E-state index is 12.3. The molecule has 0 spiro atoms. The molecule has 0 saturated heterocycles. The van der Waals surface area contributed by atoms with E-state index in [4.69, 9.17) is 23.7 Å². The summed E-state index contributed by atoms with van der Waals surface area (Å²) in [6.45, 7) is 3.58. The molecule has 3 amide bonds. The average Bonchev–Trinajstić information content (AvgIpc) is 2.91. The standard InChI is InChI=1S/C26H29BrN4O8/c1-6-38-20-10-15(9-17(27)24(20)36-4)12-28-31-21(32)13-39-18-8-7-16(11-19(18)35-3)23-22(25(33)37-5)14(2)29-26(34)30-23/h7-12,23H,6,13H2,1-5H3,(H,31,32)(H2,29,30,34)/b28-12-/t23-/m0/s1. The first-order valence-electron chi connectivity index (χ1n) is 11.7. The molecular weight excluding hydrogens is 576 g/mol. The van der Waals surface area contributed by atoms with Crippen molar-refractivity contribution in [2.24, 2.45) is 5.10 Å². The van der Waals surface area contributed by atoms with Crippen LogP contribution in [0, 0.1) is 0 Å². The highest BCUT2D eigenvalue weighted by Gasteiger charge is 2.32. The highest BCUT2D eigenvalue weighted by Crippen LogP contribution is 2.36. The summed E-state index contributed by atoms with van der Waals surface area (Å²) in [4.78, 5) is 36.7. The summed E-state index contributed by atoms with van der Waals surface area (Å²) >= 11 is 3.43. The van der Waals surface area contributed by atoms with Crippen LogP contribution in [-0.2, 0) is 14.3 Å². The maximum atomic E-state index is 12.3. The number of allylic oxidation sites excluding steroid dienone is 1. The summed E-state index contributed by atoms with van der Waals surface area (Å²) in [7, 11) is 4.24. The zero-order chi connectivity index (χ0) is 28.5. The van der Waals surface area contributed by atoms with E-state index in [-0.39, 0.29) is 17.9 Å². The fraction of sp³-hybridized carbons (Fsp3) is 0.308. The van der Waals surface area contributed by atoms with E-state index in [2.05, 4.69) is 37.1 Å². The van der Waals surface area contributed by atoms with Gasteiger partial charge in [-0.15, -0.1) is 0 Å². The molecular formula is C26H29BrN4O8. The van der Waals surface area contributed by atoms with Crippen LogP contribution < -0.4 is 35.0 Å². The zero-order valence-electron chi connectivity index (χ0n) is 22.0. The van der Waals surface area contributed by atoms with Crippen molar-refractivity contribution in [3.8, 4) is 23.0 Å². The van der Waals surface area contributed by atoms with Gasteiger partial charge in [0.15, 0.2) is 29.6 Å². The third-order valence-corrected chi connectivity index (χ3v) is 6.08. The lowest BCUT2D eigenvalue weighted by atomic mass is 9.95.